The minimum Gasteiger partial charge on any atom is -0.0757 e. The molecule has 0 aromatic heterocycles. The maximum Gasteiger partial charge on any atom is 0.0962 e. The zero-order valence-electron chi connectivity index (χ0n) is 20.8. The van der Waals surface area contributed by atoms with E-state index >= 15 is 0 Å². The molecule has 1 radical (unpaired) electrons. The highest BCUT2D eigenvalue weighted by atomic mass is 28.3. The van der Waals surface area contributed by atoms with Crippen molar-refractivity contribution in [3.05, 3.63) is 58.7 Å². The van der Waals surface area contributed by atoms with Crippen LogP contribution in [0.25, 0.3) is 0 Å². The van der Waals surface area contributed by atoms with Crippen LogP contribution in [0.1, 0.15) is 96.6 Å². The standard InChI is InChI=1S/C29H47Si/c1-7-10-12-14-17-25-21-26(18-15-13-11-8-2)23-27(22-25)30(5,6)29-20-16-19-28(29)24(4)9-3/h16,19-24H,7-15,17-18H2,1-6H3. The minimum atomic E-state index is -1.70. The molecule has 0 spiro atoms. The van der Waals surface area contributed by atoms with Gasteiger partial charge in [-0.15, -0.1) is 0 Å². The highest BCUT2D eigenvalue weighted by Crippen LogP contribution is 2.37. The lowest BCUT2D eigenvalue weighted by molar-refractivity contribution is 0.660. The van der Waals surface area contributed by atoms with Crippen molar-refractivity contribution in [2.24, 2.45) is 5.92 Å². The van der Waals surface area contributed by atoms with Crippen LogP contribution in [0, 0.1) is 11.5 Å². The Balaban J connectivity index is 2.26. The third-order valence-corrected chi connectivity index (χ3v) is 10.6. The molecule has 167 valence electrons. The van der Waals surface area contributed by atoms with Crippen LogP contribution >= 0.6 is 0 Å². The molecule has 1 aliphatic carbocycles. The van der Waals surface area contributed by atoms with Gasteiger partial charge in [0, 0.05) is 5.54 Å². The molecule has 30 heavy (non-hydrogen) atoms. The summed E-state index contributed by atoms with van der Waals surface area (Å²) in [6, 6.07) is 7.70. The van der Waals surface area contributed by atoms with Gasteiger partial charge in [0.25, 0.3) is 0 Å². The quantitative estimate of drug-likeness (QED) is 0.208. The Kier molecular flexibility index (Phi) is 10.7. The second kappa shape index (κ2) is 12.7. The molecule has 0 nitrogen and oxygen atoms in total. The number of benzene rings is 1. The van der Waals surface area contributed by atoms with Crippen LogP contribution in [0.2, 0.25) is 13.1 Å². The first-order valence-corrected chi connectivity index (χ1v) is 15.8. The van der Waals surface area contributed by atoms with Gasteiger partial charge in [0.15, 0.2) is 0 Å². The Bertz CT molecular complexity index is 664. The van der Waals surface area contributed by atoms with Gasteiger partial charge in [0.1, 0.15) is 0 Å². The van der Waals surface area contributed by atoms with Crippen LogP contribution in [0.4, 0.5) is 0 Å². The van der Waals surface area contributed by atoms with E-state index < -0.39 is 8.07 Å². The van der Waals surface area contributed by atoms with E-state index in [-0.39, 0.29) is 0 Å². The first-order valence-electron chi connectivity index (χ1n) is 12.8. The third kappa shape index (κ3) is 6.97. The number of aryl methyl sites for hydroxylation is 2. The summed E-state index contributed by atoms with van der Waals surface area (Å²) in [5.41, 5.74) is 6.45. The maximum absolute atomic E-state index is 2.58. The van der Waals surface area contributed by atoms with Crippen molar-refractivity contribution in [3.63, 3.8) is 0 Å². The first kappa shape index (κ1) is 25.2. The maximum atomic E-state index is 2.58. The monoisotopic (exact) mass is 423 g/mol. The van der Waals surface area contributed by atoms with E-state index in [0.717, 1.165) is 0 Å². The second-order valence-electron chi connectivity index (χ2n) is 9.99. The fourth-order valence-corrected chi connectivity index (χ4v) is 7.70. The third-order valence-electron chi connectivity index (χ3n) is 7.08. The largest absolute Gasteiger partial charge is 0.0962 e. The summed E-state index contributed by atoms with van der Waals surface area (Å²) in [6.07, 6.45) is 21.6. The van der Waals surface area contributed by atoms with E-state index in [0.29, 0.717) is 5.92 Å². The predicted octanol–water partition coefficient (Wildman–Crippen LogP) is 8.50. The smallest absolute Gasteiger partial charge is 0.0757 e. The van der Waals surface area contributed by atoms with Crippen LogP contribution < -0.4 is 5.19 Å². The Hall–Kier alpha value is -1.08. The molecule has 1 aliphatic rings. The highest BCUT2D eigenvalue weighted by Gasteiger charge is 2.37. The molecule has 0 fully saturated rings. The lowest BCUT2D eigenvalue weighted by atomic mass is 9.97. The van der Waals surface area contributed by atoms with Gasteiger partial charge in [-0.1, -0.05) is 127 Å². The molecule has 0 saturated carbocycles. The molecule has 0 aliphatic heterocycles. The summed E-state index contributed by atoms with van der Waals surface area (Å²) in [5.74, 6) is 0.660. The SMILES string of the molecule is CCCCCCc1cc(CCCCCC)cc([Si](C)(C)[C]2C=CC=C2C(C)CC)c1. The molecule has 1 aromatic carbocycles. The van der Waals surface area contributed by atoms with Crippen molar-refractivity contribution in [1.29, 1.82) is 0 Å². The van der Waals surface area contributed by atoms with Crippen LogP contribution in [0.15, 0.2) is 42.0 Å². The van der Waals surface area contributed by atoms with E-state index in [1.807, 2.05) is 0 Å². The fraction of sp³-hybridized carbons (Fsp3) is 0.621. The zero-order chi connectivity index (χ0) is 22.0. The summed E-state index contributed by atoms with van der Waals surface area (Å²) in [6.45, 7) is 14.5. The zero-order valence-corrected chi connectivity index (χ0v) is 21.8. The Labute approximate surface area is 189 Å². The highest BCUT2D eigenvalue weighted by molar-refractivity contribution is 6.95. The lowest BCUT2D eigenvalue weighted by Crippen LogP contribution is -2.48. The average molecular weight is 424 g/mol. The summed E-state index contributed by atoms with van der Waals surface area (Å²) < 4.78 is 0. The van der Waals surface area contributed by atoms with E-state index in [1.54, 1.807) is 27.4 Å². The molecule has 0 heterocycles. The Morgan fingerprint density at radius 1 is 0.767 bits per heavy atom. The van der Waals surface area contributed by atoms with Crippen molar-refractivity contribution < 1.29 is 0 Å². The predicted molar refractivity (Wildman–Crippen MR) is 139 cm³/mol. The molecular weight excluding hydrogens is 376 g/mol. The average Bonchev–Trinajstić information content (AvgIpc) is 3.24. The molecule has 0 saturated heterocycles. The summed E-state index contributed by atoms with van der Waals surface area (Å²) >= 11 is 0. The van der Waals surface area contributed by atoms with Crippen LogP contribution in [0.5, 0.6) is 0 Å². The van der Waals surface area contributed by atoms with Crippen molar-refractivity contribution in [3.8, 4) is 0 Å². The van der Waals surface area contributed by atoms with E-state index in [4.69, 9.17) is 0 Å². The van der Waals surface area contributed by atoms with Gasteiger partial charge < -0.3 is 0 Å². The molecule has 1 heteroatoms. The van der Waals surface area contributed by atoms with Gasteiger partial charge in [-0.3, -0.25) is 0 Å². The van der Waals surface area contributed by atoms with E-state index in [2.05, 4.69) is 77.2 Å². The topological polar surface area (TPSA) is 0 Å². The van der Waals surface area contributed by atoms with Crippen molar-refractivity contribution in [2.45, 2.75) is 111 Å². The van der Waals surface area contributed by atoms with Crippen LogP contribution in [-0.2, 0) is 12.8 Å². The summed E-state index contributed by atoms with van der Waals surface area (Å²) in [7, 11) is -1.70. The molecule has 0 amide bonds. The van der Waals surface area contributed by atoms with Crippen molar-refractivity contribution in [1.82, 2.24) is 0 Å². The van der Waals surface area contributed by atoms with Gasteiger partial charge in [-0.25, -0.2) is 0 Å². The normalized spacial score (nSPS) is 15.6. The number of allylic oxidation sites excluding steroid dienone is 4. The second-order valence-corrected chi connectivity index (χ2v) is 14.4. The molecule has 1 atom stereocenters. The van der Waals surface area contributed by atoms with Gasteiger partial charge in [0.2, 0.25) is 0 Å². The molecule has 0 bridgehead atoms. The Morgan fingerprint density at radius 2 is 1.33 bits per heavy atom. The van der Waals surface area contributed by atoms with Gasteiger partial charge in [-0.05, 0) is 49.1 Å². The van der Waals surface area contributed by atoms with E-state index in [9.17, 15) is 0 Å². The Morgan fingerprint density at radius 3 is 1.83 bits per heavy atom. The van der Waals surface area contributed by atoms with Gasteiger partial charge in [0.05, 0.1) is 8.07 Å². The van der Waals surface area contributed by atoms with E-state index in [1.165, 1.54) is 70.6 Å². The number of hydrogen-bond donors (Lipinski definition) is 0. The summed E-state index contributed by atoms with van der Waals surface area (Å²) in [4.78, 5) is 0. The van der Waals surface area contributed by atoms with Gasteiger partial charge in [-0.2, -0.15) is 0 Å². The molecule has 2 rings (SSSR count). The lowest BCUT2D eigenvalue weighted by Gasteiger charge is -2.33. The van der Waals surface area contributed by atoms with Crippen molar-refractivity contribution in [2.75, 3.05) is 0 Å². The molecular formula is C29H47Si. The number of rotatable bonds is 14. The summed E-state index contributed by atoms with van der Waals surface area (Å²) in [5, 5.41) is 1.65. The van der Waals surface area contributed by atoms with Crippen molar-refractivity contribution >= 4 is 13.3 Å². The minimum absolute atomic E-state index is 0.660. The molecule has 0 N–H and O–H groups in total. The molecule has 1 aromatic rings. The fourth-order valence-electron chi connectivity index (χ4n) is 4.73. The van der Waals surface area contributed by atoms with Gasteiger partial charge >= 0.3 is 0 Å². The number of unbranched alkanes of at least 4 members (excludes halogenated alkanes) is 6. The molecule has 1 unspecified atom stereocenters. The first-order chi connectivity index (χ1) is 14.4. The number of hydrogen-bond acceptors (Lipinski definition) is 0. The van der Waals surface area contributed by atoms with Crippen LogP contribution in [-0.4, -0.2) is 8.07 Å². The van der Waals surface area contributed by atoms with Crippen LogP contribution in [0.3, 0.4) is 0 Å².